The van der Waals surface area contributed by atoms with Gasteiger partial charge in [0, 0.05) is 6.04 Å². The first kappa shape index (κ1) is 16.2. The summed E-state index contributed by atoms with van der Waals surface area (Å²) in [7, 11) is 0. The molecule has 4 heteroatoms. The van der Waals surface area contributed by atoms with Gasteiger partial charge in [0.2, 0.25) is 0 Å². The Balaban J connectivity index is 2.43. The Morgan fingerprint density at radius 1 is 1.24 bits per heavy atom. The van der Waals surface area contributed by atoms with Crippen LogP contribution in [0.5, 0.6) is 5.75 Å². The minimum absolute atomic E-state index is 0.392. The predicted octanol–water partition coefficient (Wildman–Crippen LogP) is 5.17. The Labute approximate surface area is 132 Å². The van der Waals surface area contributed by atoms with Crippen LogP contribution in [0.3, 0.4) is 0 Å². The van der Waals surface area contributed by atoms with Crippen LogP contribution in [0.25, 0.3) is 11.0 Å². The maximum atomic E-state index is 6.12. The zero-order valence-corrected chi connectivity index (χ0v) is 14.2. The molecular weight excluding hydrogens is 284 g/mol. The molecule has 3 nitrogen and oxygen atoms in total. The lowest BCUT2D eigenvalue weighted by Gasteiger charge is -2.18. The third kappa shape index (κ3) is 3.52. The lowest BCUT2D eigenvalue weighted by Crippen LogP contribution is -2.09. The van der Waals surface area contributed by atoms with Gasteiger partial charge in [-0.25, -0.2) is 4.98 Å². The molecule has 1 aromatic heterocycles. The molecule has 1 atom stereocenters. The van der Waals surface area contributed by atoms with E-state index in [-0.39, 0.29) is 0 Å². The number of nitrogens with zero attached hydrogens (tertiary/aromatic N) is 2. The van der Waals surface area contributed by atoms with E-state index in [1.165, 1.54) is 6.42 Å². The molecule has 0 N–H and O–H groups in total. The minimum Gasteiger partial charge on any atom is -0.492 e. The monoisotopic (exact) mass is 308 g/mol. The van der Waals surface area contributed by atoms with Gasteiger partial charge in [-0.3, -0.25) is 0 Å². The molecule has 1 unspecified atom stereocenters. The van der Waals surface area contributed by atoms with Crippen LogP contribution in [-0.2, 0) is 5.88 Å². The number of hydrogen-bond donors (Lipinski definition) is 0. The summed E-state index contributed by atoms with van der Waals surface area (Å²) in [6.07, 6.45) is 2.33. The quantitative estimate of drug-likeness (QED) is 0.660. The summed E-state index contributed by atoms with van der Waals surface area (Å²) in [5.41, 5.74) is 2.04. The number of halogens is 1. The van der Waals surface area contributed by atoms with E-state index < -0.39 is 0 Å². The number of aromatic nitrogens is 2. The standard InChI is InChI=1S/C17H25ClN2O/c1-5-21-15-8-6-7-14-17(15)19-16(11-18)20(14)13(4)10-9-12(2)3/h6-8,12-13H,5,9-11H2,1-4H3. The Hall–Kier alpha value is -1.22. The zero-order valence-electron chi connectivity index (χ0n) is 13.4. The van der Waals surface area contributed by atoms with Crippen LogP contribution in [0.1, 0.15) is 52.4 Å². The second kappa shape index (κ2) is 7.17. The molecule has 0 aliphatic rings. The van der Waals surface area contributed by atoms with E-state index in [0.29, 0.717) is 24.4 Å². The number of hydrogen-bond acceptors (Lipinski definition) is 2. The highest BCUT2D eigenvalue weighted by atomic mass is 35.5. The van der Waals surface area contributed by atoms with Crippen molar-refractivity contribution in [3.63, 3.8) is 0 Å². The van der Waals surface area contributed by atoms with Crippen molar-refractivity contribution in [3.8, 4) is 5.75 Å². The van der Waals surface area contributed by atoms with E-state index in [4.69, 9.17) is 21.3 Å². The first-order valence-corrected chi connectivity index (χ1v) is 8.30. The van der Waals surface area contributed by atoms with Gasteiger partial charge in [0.05, 0.1) is 18.0 Å². The number of rotatable bonds is 7. The average Bonchev–Trinajstić information content (AvgIpc) is 2.84. The molecule has 1 aromatic carbocycles. The zero-order chi connectivity index (χ0) is 15.4. The van der Waals surface area contributed by atoms with Gasteiger partial charge in [0.15, 0.2) is 0 Å². The average molecular weight is 309 g/mol. The Morgan fingerprint density at radius 3 is 2.62 bits per heavy atom. The van der Waals surface area contributed by atoms with Crippen molar-refractivity contribution < 1.29 is 4.74 Å². The number of imidazole rings is 1. The van der Waals surface area contributed by atoms with Crippen molar-refractivity contribution in [1.82, 2.24) is 9.55 Å². The summed E-state index contributed by atoms with van der Waals surface area (Å²) in [6.45, 7) is 9.39. The van der Waals surface area contributed by atoms with Crippen LogP contribution in [0.2, 0.25) is 0 Å². The third-order valence-electron chi connectivity index (χ3n) is 3.78. The fraction of sp³-hybridized carbons (Fsp3) is 0.588. The highest BCUT2D eigenvalue weighted by Crippen LogP contribution is 2.31. The van der Waals surface area contributed by atoms with Crippen LogP contribution in [0.15, 0.2) is 18.2 Å². The predicted molar refractivity (Wildman–Crippen MR) is 89.2 cm³/mol. The van der Waals surface area contributed by atoms with E-state index in [1.54, 1.807) is 0 Å². The number of benzene rings is 1. The van der Waals surface area contributed by atoms with E-state index in [0.717, 1.165) is 29.0 Å². The smallest absolute Gasteiger partial charge is 0.147 e. The summed E-state index contributed by atoms with van der Waals surface area (Å²) >= 11 is 6.12. The van der Waals surface area contributed by atoms with Gasteiger partial charge in [-0.05, 0) is 44.7 Å². The Morgan fingerprint density at radius 2 is 2.00 bits per heavy atom. The van der Waals surface area contributed by atoms with Gasteiger partial charge in [-0.15, -0.1) is 11.6 Å². The van der Waals surface area contributed by atoms with Gasteiger partial charge in [0.25, 0.3) is 0 Å². The number of fused-ring (bicyclic) bond motifs is 1. The highest BCUT2D eigenvalue weighted by Gasteiger charge is 2.17. The minimum atomic E-state index is 0.392. The summed E-state index contributed by atoms with van der Waals surface area (Å²) in [5, 5.41) is 0. The molecule has 0 fully saturated rings. The van der Waals surface area contributed by atoms with Gasteiger partial charge in [-0.2, -0.15) is 0 Å². The van der Waals surface area contributed by atoms with Gasteiger partial charge in [0.1, 0.15) is 17.1 Å². The number of ether oxygens (including phenoxy) is 1. The molecule has 0 saturated heterocycles. The van der Waals surface area contributed by atoms with Crippen molar-refractivity contribution in [2.75, 3.05) is 6.61 Å². The molecule has 0 spiro atoms. The maximum Gasteiger partial charge on any atom is 0.147 e. The molecule has 2 rings (SSSR count). The topological polar surface area (TPSA) is 27.1 Å². The first-order chi connectivity index (χ1) is 10.1. The van der Waals surface area contributed by atoms with Crippen molar-refractivity contribution in [1.29, 1.82) is 0 Å². The fourth-order valence-electron chi connectivity index (χ4n) is 2.70. The maximum absolute atomic E-state index is 6.12. The van der Waals surface area contributed by atoms with Crippen LogP contribution in [0, 0.1) is 5.92 Å². The molecule has 0 aliphatic carbocycles. The molecule has 116 valence electrons. The van der Waals surface area contributed by atoms with Gasteiger partial charge in [-0.1, -0.05) is 19.9 Å². The number of alkyl halides is 1. The van der Waals surface area contributed by atoms with Crippen LogP contribution in [0.4, 0.5) is 0 Å². The second-order valence-corrected chi connectivity index (χ2v) is 6.18. The Bertz CT molecular complexity index is 592. The van der Waals surface area contributed by atoms with E-state index >= 15 is 0 Å². The lowest BCUT2D eigenvalue weighted by atomic mass is 10.0. The van der Waals surface area contributed by atoms with Crippen LogP contribution < -0.4 is 4.74 Å². The van der Waals surface area contributed by atoms with Crippen molar-refractivity contribution in [2.45, 2.75) is 52.5 Å². The fourth-order valence-corrected chi connectivity index (χ4v) is 2.89. The van der Waals surface area contributed by atoms with Gasteiger partial charge >= 0.3 is 0 Å². The third-order valence-corrected chi connectivity index (χ3v) is 4.02. The Kier molecular flexibility index (Phi) is 5.51. The van der Waals surface area contributed by atoms with Crippen molar-refractivity contribution in [3.05, 3.63) is 24.0 Å². The second-order valence-electron chi connectivity index (χ2n) is 5.91. The molecule has 2 aromatic rings. The molecule has 0 saturated carbocycles. The van der Waals surface area contributed by atoms with E-state index in [1.807, 2.05) is 19.1 Å². The van der Waals surface area contributed by atoms with Crippen molar-refractivity contribution >= 4 is 22.6 Å². The van der Waals surface area contributed by atoms with Gasteiger partial charge < -0.3 is 9.30 Å². The summed E-state index contributed by atoms with van der Waals surface area (Å²) in [6, 6.07) is 6.49. The molecule has 0 radical (unpaired) electrons. The van der Waals surface area contributed by atoms with Crippen LogP contribution >= 0.6 is 11.6 Å². The van der Waals surface area contributed by atoms with Crippen LogP contribution in [-0.4, -0.2) is 16.2 Å². The summed E-state index contributed by atoms with van der Waals surface area (Å²) in [4.78, 5) is 4.70. The van der Waals surface area contributed by atoms with Crippen molar-refractivity contribution in [2.24, 2.45) is 5.92 Å². The largest absolute Gasteiger partial charge is 0.492 e. The van der Waals surface area contributed by atoms with E-state index in [9.17, 15) is 0 Å². The first-order valence-electron chi connectivity index (χ1n) is 7.77. The molecule has 0 amide bonds. The SMILES string of the molecule is CCOc1cccc2c1nc(CCl)n2C(C)CCC(C)C. The molecule has 21 heavy (non-hydrogen) atoms. The molecule has 0 bridgehead atoms. The lowest BCUT2D eigenvalue weighted by molar-refractivity contribution is 0.343. The summed E-state index contributed by atoms with van der Waals surface area (Å²) < 4.78 is 7.96. The molecule has 0 aliphatic heterocycles. The van der Waals surface area contributed by atoms with E-state index in [2.05, 4.69) is 31.4 Å². The molecular formula is C17H25ClN2O. The summed E-state index contributed by atoms with van der Waals surface area (Å²) in [5.74, 6) is 2.90. The highest BCUT2D eigenvalue weighted by molar-refractivity contribution is 6.16. The molecule has 1 heterocycles. The normalized spacial score (nSPS) is 13.0. The number of para-hydroxylation sites is 1.